The molecule has 1 aliphatic heterocycles. The Labute approximate surface area is 157 Å². The molecule has 0 aromatic carbocycles. The van der Waals surface area contributed by atoms with Crippen molar-refractivity contribution in [3.05, 3.63) is 36.0 Å². The van der Waals surface area contributed by atoms with E-state index >= 15 is 0 Å². The fraction of sp³-hybridized carbons (Fsp3) is 0.474. The number of H-pyrrole nitrogens is 1. The van der Waals surface area contributed by atoms with Crippen LogP contribution >= 0.6 is 0 Å². The summed E-state index contributed by atoms with van der Waals surface area (Å²) in [5.74, 6) is 1.05. The van der Waals surface area contributed by atoms with Gasteiger partial charge in [0, 0.05) is 32.9 Å². The maximum Gasteiger partial charge on any atom is 0.272 e. The Balaban J connectivity index is 1.47. The van der Waals surface area contributed by atoms with E-state index in [1.165, 1.54) is 0 Å². The average Bonchev–Trinajstić information content (AvgIpc) is 3.18. The van der Waals surface area contributed by atoms with Gasteiger partial charge in [-0.05, 0) is 38.3 Å². The van der Waals surface area contributed by atoms with Crippen molar-refractivity contribution in [1.29, 1.82) is 0 Å². The molecule has 2 fully saturated rings. The van der Waals surface area contributed by atoms with Crippen molar-refractivity contribution in [3.8, 4) is 0 Å². The SMILES string of the molecule is Cc1cc(C(=O)N2CCCN(c3ncnc4[nH]ccc34)CC23CC3)n(C)n1. The van der Waals surface area contributed by atoms with Crippen molar-refractivity contribution in [2.24, 2.45) is 7.05 Å². The molecule has 4 heterocycles. The number of nitrogens with zero attached hydrogens (tertiary/aromatic N) is 6. The second-order valence-electron chi connectivity index (χ2n) is 7.69. The first kappa shape index (κ1) is 16.3. The maximum absolute atomic E-state index is 13.3. The Morgan fingerprint density at radius 1 is 1.26 bits per heavy atom. The minimum absolute atomic E-state index is 0.0897. The highest BCUT2D eigenvalue weighted by molar-refractivity contribution is 5.94. The molecule has 3 aromatic heterocycles. The molecule has 1 saturated carbocycles. The summed E-state index contributed by atoms with van der Waals surface area (Å²) in [7, 11) is 1.84. The van der Waals surface area contributed by atoms with Crippen molar-refractivity contribution in [2.75, 3.05) is 24.5 Å². The summed E-state index contributed by atoms with van der Waals surface area (Å²) in [4.78, 5) is 29.7. The number of fused-ring (bicyclic) bond motifs is 1. The van der Waals surface area contributed by atoms with Crippen LogP contribution in [-0.4, -0.2) is 60.7 Å². The lowest BCUT2D eigenvalue weighted by Crippen LogP contribution is -2.47. The van der Waals surface area contributed by atoms with Crippen LogP contribution in [0.2, 0.25) is 0 Å². The summed E-state index contributed by atoms with van der Waals surface area (Å²) in [6, 6.07) is 3.91. The first-order valence-corrected chi connectivity index (χ1v) is 9.43. The lowest BCUT2D eigenvalue weighted by molar-refractivity contribution is 0.0658. The van der Waals surface area contributed by atoms with E-state index in [-0.39, 0.29) is 11.4 Å². The number of carbonyl (C=O) groups excluding carboxylic acids is 1. The fourth-order valence-corrected chi connectivity index (χ4v) is 4.31. The third-order valence-corrected chi connectivity index (χ3v) is 5.79. The minimum Gasteiger partial charge on any atom is -0.354 e. The van der Waals surface area contributed by atoms with Gasteiger partial charge in [-0.3, -0.25) is 9.48 Å². The molecular formula is C19H23N7O. The van der Waals surface area contributed by atoms with Gasteiger partial charge in [0.2, 0.25) is 0 Å². The molecule has 0 radical (unpaired) electrons. The quantitative estimate of drug-likeness (QED) is 0.750. The third kappa shape index (κ3) is 2.58. The smallest absolute Gasteiger partial charge is 0.272 e. The van der Waals surface area contributed by atoms with Crippen LogP contribution in [0.25, 0.3) is 11.0 Å². The Kier molecular flexibility index (Phi) is 3.50. The highest BCUT2D eigenvalue weighted by Gasteiger charge is 2.52. The zero-order valence-electron chi connectivity index (χ0n) is 15.6. The molecule has 0 atom stereocenters. The van der Waals surface area contributed by atoms with Crippen LogP contribution in [-0.2, 0) is 7.05 Å². The second-order valence-corrected chi connectivity index (χ2v) is 7.69. The molecule has 0 unspecified atom stereocenters. The molecule has 1 N–H and O–H groups in total. The van der Waals surface area contributed by atoms with Gasteiger partial charge in [0.05, 0.1) is 16.6 Å². The van der Waals surface area contributed by atoms with Crippen LogP contribution < -0.4 is 4.90 Å². The molecule has 140 valence electrons. The van der Waals surface area contributed by atoms with Crippen LogP contribution in [0, 0.1) is 6.92 Å². The molecule has 2 aliphatic rings. The number of rotatable bonds is 2. The first-order chi connectivity index (χ1) is 13.1. The van der Waals surface area contributed by atoms with Gasteiger partial charge in [-0.1, -0.05) is 0 Å². The van der Waals surface area contributed by atoms with Crippen molar-refractivity contribution in [1.82, 2.24) is 29.6 Å². The predicted molar refractivity (Wildman–Crippen MR) is 102 cm³/mol. The third-order valence-electron chi connectivity index (χ3n) is 5.79. The number of hydrogen-bond donors (Lipinski definition) is 1. The highest BCUT2D eigenvalue weighted by atomic mass is 16.2. The molecule has 5 rings (SSSR count). The van der Waals surface area contributed by atoms with Crippen molar-refractivity contribution >= 4 is 22.8 Å². The molecule has 1 saturated heterocycles. The molecule has 3 aromatic rings. The fourth-order valence-electron chi connectivity index (χ4n) is 4.31. The van der Waals surface area contributed by atoms with E-state index in [0.29, 0.717) is 5.69 Å². The van der Waals surface area contributed by atoms with Crippen LogP contribution in [0.3, 0.4) is 0 Å². The van der Waals surface area contributed by atoms with Gasteiger partial charge < -0.3 is 14.8 Å². The Morgan fingerprint density at radius 3 is 2.85 bits per heavy atom. The van der Waals surface area contributed by atoms with Crippen LogP contribution in [0.5, 0.6) is 0 Å². The van der Waals surface area contributed by atoms with Gasteiger partial charge in [-0.25, -0.2) is 9.97 Å². The summed E-state index contributed by atoms with van der Waals surface area (Å²) < 4.78 is 1.70. The largest absolute Gasteiger partial charge is 0.354 e. The molecule has 8 heteroatoms. The highest BCUT2D eigenvalue weighted by Crippen LogP contribution is 2.45. The normalized spacial score (nSPS) is 18.9. The van der Waals surface area contributed by atoms with Gasteiger partial charge in [0.25, 0.3) is 5.91 Å². The Morgan fingerprint density at radius 2 is 2.11 bits per heavy atom. The standard InChI is InChI=1S/C19H23N7O/c1-13-10-15(24(2)23-13)18(27)26-9-3-8-25(11-19(26)5-6-19)17-14-4-7-20-16(14)21-12-22-17/h4,7,10,12H,3,5-6,8-9,11H2,1-2H3,(H,20,21,22). The number of aromatic nitrogens is 5. The molecule has 1 spiro atoms. The van der Waals surface area contributed by atoms with Gasteiger partial charge in [0.15, 0.2) is 0 Å². The zero-order valence-corrected chi connectivity index (χ0v) is 15.6. The monoisotopic (exact) mass is 365 g/mol. The summed E-state index contributed by atoms with van der Waals surface area (Å²) in [5, 5.41) is 5.39. The number of aromatic amines is 1. The Hall–Kier alpha value is -2.90. The van der Waals surface area contributed by atoms with E-state index in [1.807, 2.05) is 32.3 Å². The number of anilines is 1. The van der Waals surface area contributed by atoms with Gasteiger partial charge >= 0.3 is 0 Å². The minimum atomic E-state index is -0.0979. The summed E-state index contributed by atoms with van der Waals surface area (Å²) in [6.07, 6.45) is 6.50. The van der Waals surface area contributed by atoms with E-state index in [2.05, 4.69) is 29.9 Å². The van der Waals surface area contributed by atoms with Crippen molar-refractivity contribution in [3.63, 3.8) is 0 Å². The number of hydrogen-bond acceptors (Lipinski definition) is 5. The van der Waals surface area contributed by atoms with E-state index < -0.39 is 0 Å². The molecule has 27 heavy (non-hydrogen) atoms. The lowest BCUT2D eigenvalue weighted by Gasteiger charge is -2.32. The summed E-state index contributed by atoms with van der Waals surface area (Å²) in [6.45, 7) is 4.38. The topological polar surface area (TPSA) is 82.9 Å². The van der Waals surface area contributed by atoms with Crippen LogP contribution in [0.4, 0.5) is 5.82 Å². The number of nitrogens with one attached hydrogen (secondary N) is 1. The molecule has 1 amide bonds. The first-order valence-electron chi connectivity index (χ1n) is 9.43. The van der Waals surface area contributed by atoms with Crippen LogP contribution in [0.1, 0.15) is 35.4 Å². The summed E-state index contributed by atoms with van der Waals surface area (Å²) >= 11 is 0. The van der Waals surface area contributed by atoms with E-state index in [0.717, 1.165) is 61.4 Å². The zero-order chi connectivity index (χ0) is 18.6. The Bertz CT molecular complexity index is 1020. The maximum atomic E-state index is 13.3. The molecular weight excluding hydrogens is 342 g/mol. The van der Waals surface area contributed by atoms with E-state index in [1.54, 1.807) is 11.0 Å². The number of amides is 1. The van der Waals surface area contributed by atoms with E-state index in [4.69, 9.17) is 0 Å². The lowest BCUT2D eigenvalue weighted by atomic mass is 10.2. The average molecular weight is 365 g/mol. The molecule has 0 bridgehead atoms. The van der Waals surface area contributed by atoms with Crippen molar-refractivity contribution < 1.29 is 4.79 Å². The van der Waals surface area contributed by atoms with Gasteiger partial charge in [-0.2, -0.15) is 5.10 Å². The van der Waals surface area contributed by atoms with E-state index in [9.17, 15) is 4.79 Å². The summed E-state index contributed by atoms with van der Waals surface area (Å²) in [5.41, 5.74) is 2.30. The number of aryl methyl sites for hydroxylation is 2. The van der Waals surface area contributed by atoms with Gasteiger partial charge in [-0.15, -0.1) is 0 Å². The second kappa shape index (κ2) is 5.80. The van der Waals surface area contributed by atoms with Crippen LogP contribution in [0.15, 0.2) is 24.7 Å². The molecule has 8 nitrogen and oxygen atoms in total. The van der Waals surface area contributed by atoms with Crippen molar-refractivity contribution in [2.45, 2.75) is 31.7 Å². The predicted octanol–water partition coefficient (Wildman–Crippen LogP) is 1.88. The molecule has 1 aliphatic carbocycles. The number of carbonyl (C=O) groups is 1. The van der Waals surface area contributed by atoms with Gasteiger partial charge in [0.1, 0.15) is 23.5 Å².